The number of H-pyrrole nitrogens is 1. The Hall–Kier alpha value is -2.86. The first-order chi connectivity index (χ1) is 13.1. The number of hydrogen-bond donors (Lipinski definition) is 2. The predicted octanol–water partition coefficient (Wildman–Crippen LogP) is 3.88. The van der Waals surface area contributed by atoms with Crippen LogP contribution in [0.25, 0.3) is 11.3 Å². The predicted molar refractivity (Wildman–Crippen MR) is 104 cm³/mol. The van der Waals surface area contributed by atoms with Gasteiger partial charge in [0.15, 0.2) is 5.82 Å². The second-order valence-corrected chi connectivity index (χ2v) is 6.97. The molecule has 7 heteroatoms. The Bertz CT molecular complexity index is 957. The zero-order valence-corrected chi connectivity index (χ0v) is 15.2. The van der Waals surface area contributed by atoms with Gasteiger partial charge in [-0.05, 0) is 36.2 Å². The fourth-order valence-corrected chi connectivity index (χ4v) is 3.37. The molecule has 138 valence electrons. The molecule has 2 aromatic carbocycles. The Balaban J connectivity index is 1.40. The largest absolute Gasteiger partial charge is 0.353 e. The summed E-state index contributed by atoms with van der Waals surface area (Å²) in [6.07, 6.45) is 0.781. The highest BCUT2D eigenvalue weighted by Gasteiger charge is 2.26. The summed E-state index contributed by atoms with van der Waals surface area (Å²) in [5, 5.41) is 11.0. The van der Waals surface area contributed by atoms with Crippen LogP contribution in [0.4, 0.5) is 10.2 Å². The average molecular weight is 385 g/mol. The summed E-state index contributed by atoms with van der Waals surface area (Å²) in [4.78, 5) is 14.4. The summed E-state index contributed by atoms with van der Waals surface area (Å²) in [5.41, 5.74) is 1.98. The van der Waals surface area contributed by atoms with Crippen LogP contribution in [0, 0.1) is 5.82 Å². The summed E-state index contributed by atoms with van der Waals surface area (Å²) >= 11 is 5.93. The topological polar surface area (TPSA) is 61.0 Å². The number of nitrogens with zero attached hydrogens (tertiary/aromatic N) is 2. The van der Waals surface area contributed by atoms with E-state index in [0.29, 0.717) is 11.6 Å². The molecule has 0 bridgehead atoms. The number of benzene rings is 2. The lowest BCUT2D eigenvalue weighted by molar-refractivity contribution is 0.0936. The van der Waals surface area contributed by atoms with E-state index in [1.54, 1.807) is 12.1 Å². The molecule has 5 nitrogen and oxygen atoms in total. The van der Waals surface area contributed by atoms with Gasteiger partial charge in [0.2, 0.25) is 0 Å². The number of nitrogens with one attached hydrogen (secondary N) is 2. The van der Waals surface area contributed by atoms with Crippen LogP contribution in [0.2, 0.25) is 5.02 Å². The molecular formula is C20H18ClFN4O. The SMILES string of the molecule is O=C(N[C@H]1CCN(c2cc(-c3ccc(Cl)cc3)[nH]n2)C1)c1ccccc1F. The van der Waals surface area contributed by atoms with Crippen LogP contribution in [0.1, 0.15) is 16.8 Å². The van der Waals surface area contributed by atoms with Crippen molar-refractivity contribution in [2.45, 2.75) is 12.5 Å². The van der Waals surface area contributed by atoms with E-state index in [0.717, 1.165) is 30.0 Å². The summed E-state index contributed by atoms with van der Waals surface area (Å²) < 4.78 is 13.8. The lowest BCUT2D eigenvalue weighted by Gasteiger charge is -2.16. The summed E-state index contributed by atoms with van der Waals surface area (Å²) in [7, 11) is 0. The highest BCUT2D eigenvalue weighted by atomic mass is 35.5. The van der Waals surface area contributed by atoms with Crippen molar-refractivity contribution in [3.63, 3.8) is 0 Å². The van der Waals surface area contributed by atoms with Gasteiger partial charge in [-0.1, -0.05) is 35.9 Å². The molecule has 2 N–H and O–H groups in total. The minimum absolute atomic E-state index is 0.0483. The number of aromatic nitrogens is 2. The quantitative estimate of drug-likeness (QED) is 0.717. The number of anilines is 1. The van der Waals surface area contributed by atoms with Gasteiger partial charge in [-0.25, -0.2) is 4.39 Å². The molecule has 3 aromatic rings. The highest BCUT2D eigenvalue weighted by molar-refractivity contribution is 6.30. The van der Waals surface area contributed by atoms with Gasteiger partial charge in [-0.3, -0.25) is 9.89 Å². The number of rotatable bonds is 4. The van der Waals surface area contributed by atoms with Crippen LogP contribution in [0.5, 0.6) is 0 Å². The molecule has 0 spiro atoms. The maximum atomic E-state index is 13.8. The molecule has 1 aliphatic rings. The molecular weight excluding hydrogens is 367 g/mol. The van der Waals surface area contributed by atoms with Crippen molar-refractivity contribution in [2.75, 3.05) is 18.0 Å². The van der Waals surface area contributed by atoms with Crippen LogP contribution < -0.4 is 10.2 Å². The van der Waals surface area contributed by atoms with Crippen LogP contribution in [-0.2, 0) is 0 Å². The number of carbonyl (C=O) groups excluding carboxylic acids is 1. The summed E-state index contributed by atoms with van der Waals surface area (Å²) in [5.74, 6) is -0.0730. The van der Waals surface area contributed by atoms with Crippen molar-refractivity contribution in [3.05, 3.63) is 71.0 Å². The Morgan fingerprint density at radius 2 is 2.00 bits per heavy atom. The van der Waals surface area contributed by atoms with Gasteiger partial charge in [0.1, 0.15) is 5.82 Å². The van der Waals surface area contributed by atoms with Gasteiger partial charge in [0.25, 0.3) is 5.91 Å². The third-order valence-electron chi connectivity index (χ3n) is 4.69. The molecule has 4 rings (SSSR count). The average Bonchev–Trinajstić information content (AvgIpc) is 3.32. The first-order valence-corrected chi connectivity index (χ1v) is 9.09. The second-order valence-electron chi connectivity index (χ2n) is 6.53. The Labute approximate surface area is 161 Å². The number of carbonyl (C=O) groups is 1. The minimum atomic E-state index is -0.509. The van der Waals surface area contributed by atoms with Crippen molar-refractivity contribution >= 4 is 23.3 Å². The van der Waals surface area contributed by atoms with E-state index in [9.17, 15) is 9.18 Å². The van der Waals surface area contributed by atoms with E-state index in [2.05, 4.69) is 20.4 Å². The number of hydrogen-bond acceptors (Lipinski definition) is 3. The molecule has 1 saturated heterocycles. The summed E-state index contributed by atoms with van der Waals surface area (Å²) in [6, 6.07) is 15.5. The van der Waals surface area contributed by atoms with Crippen molar-refractivity contribution in [2.24, 2.45) is 0 Å². The molecule has 0 unspecified atom stereocenters. The van der Waals surface area contributed by atoms with Gasteiger partial charge in [0.05, 0.1) is 11.3 Å². The smallest absolute Gasteiger partial charge is 0.254 e. The number of aromatic amines is 1. The monoisotopic (exact) mass is 384 g/mol. The molecule has 1 aromatic heterocycles. The third kappa shape index (κ3) is 3.80. The van der Waals surface area contributed by atoms with Crippen LogP contribution in [0.3, 0.4) is 0 Å². The molecule has 0 saturated carbocycles. The van der Waals surface area contributed by atoms with E-state index >= 15 is 0 Å². The Morgan fingerprint density at radius 3 is 2.78 bits per heavy atom. The Morgan fingerprint density at radius 1 is 1.22 bits per heavy atom. The molecule has 27 heavy (non-hydrogen) atoms. The molecule has 1 amide bonds. The fraction of sp³-hybridized carbons (Fsp3) is 0.200. The molecule has 1 aliphatic heterocycles. The molecule has 2 heterocycles. The van der Waals surface area contributed by atoms with Gasteiger partial charge >= 0.3 is 0 Å². The first kappa shape index (κ1) is 17.5. The van der Waals surface area contributed by atoms with Crippen molar-refractivity contribution in [1.82, 2.24) is 15.5 Å². The van der Waals surface area contributed by atoms with Crippen molar-refractivity contribution in [1.29, 1.82) is 0 Å². The Kier molecular flexibility index (Phi) is 4.81. The van der Waals surface area contributed by atoms with Gasteiger partial charge in [-0.15, -0.1) is 0 Å². The maximum Gasteiger partial charge on any atom is 0.254 e. The normalized spacial score (nSPS) is 16.5. The van der Waals surface area contributed by atoms with E-state index in [1.807, 2.05) is 30.3 Å². The van der Waals surface area contributed by atoms with E-state index in [4.69, 9.17) is 11.6 Å². The molecule has 0 aliphatic carbocycles. The lowest BCUT2D eigenvalue weighted by Crippen LogP contribution is -2.37. The number of halogens is 2. The van der Waals surface area contributed by atoms with E-state index in [-0.39, 0.29) is 17.5 Å². The lowest BCUT2D eigenvalue weighted by atomic mass is 10.1. The standard InChI is InChI=1S/C20H18ClFN4O/c21-14-7-5-13(6-8-14)18-11-19(25-24-18)26-10-9-15(12-26)23-20(27)16-3-1-2-4-17(16)22/h1-8,11,15H,9-10,12H2,(H,23,27)(H,24,25)/t15-/m0/s1. The number of amides is 1. The molecule has 0 radical (unpaired) electrons. The second kappa shape index (κ2) is 7.40. The van der Waals surface area contributed by atoms with Gasteiger partial charge in [-0.2, -0.15) is 5.10 Å². The first-order valence-electron chi connectivity index (χ1n) is 8.72. The highest BCUT2D eigenvalue weighted by Crippen LogP contribution is 2.25. The van der Waals surface area contributed by atoms with Gasteiger partial charge < -0.3 is 10.2 Å². The molecule has 1 atom stereocenters. The molecule has 1 fully saturated rings. The minimum Gasteiger partial charge on any atom is -0.353 e. The van der Waals surface area contributed by atoms with Crippen LogP contribution in [0.15, 0.2) is 54.6 Å². The summed E-state index contributed by atoms with van der Waals surface area (Å²) in [6.45, 7) is 1.40. The zero-order chi connectivity index (χ0) is 18.8. The van der Waals surface area contributed by atoms with E-state index < -0.39 is 5.82 Å². The van der Waals surface area contributed by atoms with Gasteiger partial charge in [0, 0.05) is 30.2 Å². The van der Waals surface area contributed by atoms with Crippen LogP contribution in [-0.4, -0.2) is 35.2 Å². The van der Waals surface area contributed by atoms with Crippen molar-refractivity contribution < 1.29 is 9.18 Å². The van der Waals surface area contributed by atoms with Crippen molar-refractivity contribution in [3.8, 4) is 11.3 Å². The van der Waals surface area contributed by atoms with E-state index in [1.165, 1.54) is 12.1 Å². The third-order valence-corrected chi connectivity index (χ3v) is 4.94. The fourth-order valence-electron chi connectivity index (χ4n) is 3.25. The zero-order valence-electron chi connectivity index (χ0n) is 14.5. The maximum absolute atomic E-state index is 13.8. The van der Waals surface area contributed by atoms with Crippen LogP contribution >= 0.6 is 11.6 Å².